The molecule has 2 aliphatic rings. The van der Waals surface area contributed by atoms with Gasteiger partial charge < -0.3 is 19.7 Å². The predicted octanol–water partition coefficient (Wildman–Crippen LogP) is 2.64. The smallest absolute Gasteiger partial charge is 0.328 e. The summed E-state index contributed by atoms with van der Waals surface area (Å²) in [6.45, 7) is 5.03. The molecule has 2 fully saturated rings. The van der Waals surface area contributed by atoms with Crippen LogP contribution in [0.1, 0.15) is 44.1 Å². The molecule has 9 heteroatoms. The largest absolute Gasteiger partial charge is 0.476 e. The maximum Gasteiger partial charge on any atom is 0.328 e. The van der Waals surface area contributed by atoms with Crippen LogP contribution < -0.4 is 15.0 Å². The standard InChI is InChI=1S/C20H27F2N3O4/c1-19(2,3)15(18(27)28-4)24-16(26)13-7-8-14(25-10-20(21,22)11-25)17(23-13)29-9-12-5-6-12/h7-8,12,15H,5-6,9-11H2,1-4H3,(H,24,26). The van der Waals surface area contributed by atoms with Gasteiger partial charge in [-0.2, -0.15) is 0 Å². The van der Waals surface area contributed by atoms with E-state index in [1.807, 2.05) is 0 Å². The van der Waals surface area contributed by atoms with Crippen LogP contribution in [0.15, 0.2) is 12.1 Å². The van der Waals surface area contributed by atoms with Crippen LogP contribution >= 0.6 is 0 Å². The van der Waals surface area contributed by atoms with Crippen LogP contribution in [-0.4, -0.2) is 55.6 Å². The van der Waals surface area contributed by atoms with Crippen molar-refractivity contribution in [3.05, 3.63) is 17.8 Å². The van der Waals surface area contributed by atoms with Gasteiger partial charge in [0.25, 0.3) is 11.8 Å². The van der Waals surface area contributed by atoms with E-state index in [1.165, 1.54) is 18.1 Å². The summed E-state index contributed by atoms with van der Waals surface area (Å²) in [5, 5.41) is 2.65. The normalized spacial score (nSPS) is 19.2. The highest BCUT2D eigenvalue weighted by Crippen LogP contribution is 2.38. The average molecular weight is 411 g/mol. The van der Waals surface area contributed by atoms with Gasteiger partial charge in [0.2, 0.25) is 5.88 Å². The number of carbonyl (C=O) groups is 2. The molecule has 1 aliphatic carbocycles. The lowest BCUT2D eigenvalue weighted by molar-refractivity contribution is -0.145. The fourth-order valence-corrected chi connectivity index (χ4v) is 3.02. The van der Waals surface area contributed by atoms with Gasteiger partial charge in [0.1, 0.15) is 17.4 Å². The molecule has 1 saturated carbocycles. The molecule has 29 heavy (non-hydrogen) atoms. The molecule has 0 aromatic carbocycles. The Morgan fingerprint density at radius 1 is 1.31 bits per heavy atom. The topological polar surface area (TPSA) is 80.8 Å². The van der Waals surface area contributed by atoms with E-state index in [-0.39, 0.29) is 11.6 Å². The van der Waals surface area contributed by atoms with E-state index in [2.05, 4.69) is 10.3 Å². The van der Waals surface area contributed by atoms with Crippen LogP contribution in [0.2, 0.25) is 0 Å². The minimum atomic E-state index is -2.73. The Hall–Kier alpha value is -2.45. The molecule has 7 nitrogen and oxygen atoms in total. The number of hydrogen-bond donors (Lipinski definition) is 1. The van der Waals surface area contributed by atoms with E-state index in [0.29, 0.717) is 18.2 Å². The maximum atomic E-state index is 13.3. The number of methoxy groups -OCH3 is 1. The second-order valence-electron chi connectivity index (χ2n) is 8.78. The van der Waals surface area contributed by atoms with E-state index >= 15 is 0 Å². The average Bonchev–Trinajstić information content (AvgIpc) is 3.44. The van der Waals surface area contributed by atoms with E-state index in [1.54, 1.807) is 26.8 Å². The lowest BCUT2D eigenvalue weighted by atomic mass is 9.86. The minimum absolute atomic E-state index is 0.0463. The van der Waals surface area contributed by atoms with E-state index in [4.69, 9.17) is 9.47 Å². The highest BCUT2D eigenvalue weighted by Gasteiger charge is 2.45. The van der Waals surface area contributed by atoms with Gasteiger partial charge in [-0.15, -0.1) is 0 Å². The molecule has 0 spiro atoms. The summed E-state index contributed by atoms with van der Waals surface area (Å²) >= 11 is 0. The van der Waals surface area contributed by atoms with Crippen LogP contribution in [-0.2, 0) is 9.53 Å². The molecule has 0 radical (unpaired) electrons. The minimum Gasteiger partial charge on any atom is -0.476 e. The van der Waals surface area contributed by atoms with Crippen molar-refractivity contribution >= 4 is 17.6 Å². The van der Waals surface area contributed by atoms with Gasteiger partial charge in [0.15, 0.2) is 0 Å². The Bertz CT molecular complexity index is 782. The summed E-state index contributed by atoms with van der Waals surface area (Å²) in [6.07, 6.45) is 2.12. The van der Waals surface area contributed by atoms with Crippen molar-refractivity contribution < 1.29 is 27.8 Å². The van der Waals surface area contributed by atoms with Crippen LogP contribution in [0, 0.1) is 11.3 Å². The number of anilines is 1. The molecule has 0 bridgehead atoms. The van der Waals surface area contributed by atoms with Crippen molar-refractivity contribution in [3.8, 4) is 5.88 Å². The number of carbonyl (C=O) groups excluding carboxylic acids is 2. The molecule has 1 aromatic heterocycles. The summed E-state index contributed by atoms with van der Waals surface area (Å²) in [5.74, 6) is -3.26. The number of rotatable bonds is 7. The molecule has 1 aromatic rings. The number of ether oxygens (including phenoxy) is 2. The molecule has 160 valence electrons. The first kappa shape index (κ1) is 21.3. The van der Waals surface area contributed by atoms with Gasteiger partial charge in [0.05, 0.1) is 26.8 Å². The summed E-state index contributed by atoms with van der Waals surface area (Å²) < 4.78 is 37.1. The van der Waals surface area contributed by atoms with Crippen molar-refractivity contribution in [2.45, 2.75) is 45.6 Å². The summed E-state index contributed by atoms with van der Waals surface area (Å²) in [7, 11) is 1.26. The number of pyridine rings is 1. The van der Waals surface area contributed by atoms with Crippen molar-refractivity contribution in [1.29, 1.82) is 0 Å². The quantitative estimate of drug-likeness (QED) is 0.695. The Morgan fingerprint density at radius 2 is 1.97 bits per heavy atom. The van der Waals surface area contributed by atoms with Crippen molar-refractivity contribution in [2.75, 3.05) is 31.7 Å². The van der Waals surface area contributed by atoms with Crippen LogP contribution in [0.25, 0.3) is 0 Å². The fraction of sp³-hybridized carbons (Fsp3) is 0.650. The van der Waals surface area contributed by atoms with E-state index < -0.39 is 42.3 Å². The molecule has 1 unspecified atom stereocenters. The third kappa shape index (κ3) is 5.13. The number of hydrogen-bond acceptors (Lipinski definition) is 6. The lowest BCUT2D eigenvalue weighted by Crippen LogP contribution is -2.56. The first-order valence-corrected chi connectivity index (χ1v) is 9.65. The SMILES string of the molecule is COC(=O)C(NC(=O)c1ccc(N2CC(F)(F)C2)c(OCC2CC2)n1)C(C)(C)C. The zero-order valence-electron chi connectivity index (χ0n) is 17.1. The van der Waals surface area contributed by atoms with Crippen molar-refractivity contribution in [3.63, 3.8) is 0 Å². The Morgan fingerprint density at radius 3 is 2.48 bits per heavy atom. The number of nitrogens with one attached hydrogen (secondary N) is 1. The van der Waals surface area contributed by atoms with Crippen LogP contribution in [0.3, 0.4) is 0 Å². The summed E-state index contributed by atoms with van der Waals surface area (Å²) in [5.41, 5.74) is -0.0875. The molecule has 1 amide bonds. The zero-order chi connectivity index (χ0) is 21.4. The Balaban J connectivity index is 1.79. The van der Waals surface area contributed by atoms with Gasteiger partial charge in [-0.1, -0.05) is 20.8 Å². The predicted molar refractivity (Wildman–Crippen MR) is 102 cm³/mol. The number of aromatic nitrogens is 1. The second-order valence-corrected chi connectivity index (χ2v) is 8.78. The number of esters is 1. The second kappa shape index (κ2) is 7.76. The number of amides is 1. The van der Waals surface area contributed by atoms with Gasteiger partial charge in [0, 0.05) is 0 Å². The van der Waals surface area contributed by atoms with Crippen molar-refractivity contribution in [1.82, 2.24) is 10.3 Å². The molecule has 1 saturated heterocycles. The molecule has 1 aliphatic heterocycles. The number of nitrogens with zero attached hydrogens (tertiary/aromatic N) is 2. The highest BCUT2D eigenvalue weighted by atomic mass is 19.3. The van der Waals surface area contributed by atoms with Gasteiger partial charge >= 0.3 is 5.97 Å². The molecule has 1 N–H and O–H groups in total. The fourth-order valence-electron chi connectivity index (χ4n) is 3.02. The summed E-state index contributed by atoms with van der Waals surface area (Å²) in [4.78, 5) is 30.5. The van der Waals surface area contributed by atoms with Gasteiger partial charge in [-0.3, -0.25) is 4.79 Å². The third-order valence-electron chi connectivity index (χ3n) is 4.99. The summed E-state index contributed by atoms with van der Waals surface area (Å²) in [6, 6.07) is 2.14. The molecule has 2 heterocycles. The number of halogens is 2. The van der Waals surface area contributed by atoms with E-state index in [9.17, 15) is 18.4 Å². The van der Waals surface area contributed by atoms with Crippen LogP contribution in [0.4, 0.5) is 14.5 Å². The molecule has 3 rings (SSSR count). The van der Waals surface area contributed by atoms with Gasteiger partial charge in [-0.25, -0.2) is 18.6 Å². The number of alkyl halides is 2. The lowest BCUT2D eigenvalue weighted by Gasteiger charge is -2.40. The van der Waals surface area contributed by atoms with Gasteiger partial charge in [-0.05, 0) is 36.3 Å². The Labute approximate surface area is 168 Å². The van der Waals surface area contributed by atoms with E-state index in [0.717, 1.165) is 12.8 Å². The molecular weight excluding hydrogens is 384 g/mol. The first-order chi connectivity index (χ1) is 13.5. The zero-order valence-corrected chi connectivity index (χ0v) is 17.1. The highest BCUT2D eigenvalue weighted by molar-refractivity contribution is 5.96. The third-order valence-corrected chi connectivity index (χ3v) is 4.99. The Kier molecular flexibility index (Phi) is 5.69. The molecular formula is C20H27F2N3O4. The maximum absolute atomic E-state index is 13.3. The monoisotopic (exact) mass is 411 g/mol. The molecule has 1 atom stereocenters. The first-order valence-electron chi connectivity index (χ1n) is 9.65. The van der Waals surface area contributed by atoms with Crippen molar-refractivity contribution in [2.24, 2.45) is 11.3 Å². The van der Waals surface area contributed by atoms with Crippen LogP contribution in [0.5, 0.6) is 5.88 Å².